The second-order valence-corrected chi connectivity index (χ2v) is 6.02. The Morgan fingerprint density at radius 3 is 2.68 bits per heavy atom. The third kappa shape index (κ3) is 2.30. The number of rotatable bonds is 2. The van der Waals surface area contributed by atoms with Crippen LogP contribution in [0.5, 0.6) is 0 Å². The fraction of sp³-hybridized carbons (Fsp3) is 0.529. The summed E-state index contributed by atoms with van der Waals surface area (Å²) in [6.45, 7) is 6.82. The number of benzene rings is 1. The number of aromatic nitrogens is 1. The van der Waals surface area contributed by atoms with Gasteiger partial charge in [0.15, 0.2) is 0 Å². The van der Waals surface area contributed by atoms with Gasteiger partial charge in [-0.25, -0.2) is 0 Å². The van der Waals surface area contributed by atoms with Crippen LogP contribution in [0, 0.1) is 19.8 Å². The summed E-state index contributed by atoms with van der Waals surface area (Å²) in [6.07, 6.45) is 3.88. The standard InChI is InChI=1S/C17H24N2/c1-12-13(2)19(3)17-11-15(4-5-16(12)17)10-14-6-8-18-9-7-14/h4-5,11,14,18H,6-10H2,1-3H3. The smallest absolute Gasteiger partial charge is 0.0485 e. The lowest BCUT2D eigenvalue weighted by molar-refractivity contribution is 0.373. The molecule has 2 heteroatoms. The predicted octanol–water partition coefficient (Wildman–Crippen LogP) is 3.34. The molecule has 2 nitrogen and oxygen atoms in total. The molecular weight excluding hydrogens is 232 g/mol. The van der Waals surface area contributed by atoms with Gasteiger partial charge in [0, 0.05) is 23.6 Å². The Balaban J connectivity index is 1.90. The van der Waals surface area contributed by atoms with Gasteiger partial charge in [0.05, 0.1) is 0 Å². The van der Waals surface area contributed by atoms with Crippen molar-refractivity contribution in [3.8, 4) is 0 Å². The van der Waals surface area contributed by atoms with Crippen molar-refractivity contribution >= 4 is 10.9 Å². The Bertz CT molecular complexity index is 589. The van der Waals surface area contributed by atoms with E-state index in [0.717, 1.165) is 5.92 Å². The molecule has 0 unspecified atom stereocenters. The Hall–Kier alpha value is -1.28. The monoisotopic (exact) mass is 256 g/mol. The largest absolute Gasteiger partial charge is 0.348 e. The summed E-state index contributed by atoms with van der Waals surface area (Å²) in [5.74, 6) is 0.862. The van der Waals surface area contributed by atoms with E-state index in [4.69, 9.17) is 0 Å². The van der Waals surface area contributed by atoms with E-state index in [9.17, 15) is 0 Å². The molecule has 0 amide bonds. The molecule has 1 aliphatic heterocycles. The number of nitrogens with one attached hydrogen (secondary N) is 1. The van der Waals surface area contributed by atoms with Crippen molar-refractivity contribution in [2.75, 3.05) is 13.1 Å². The highest BCUT2D eigenvalue weighted by Gasteiger charge is 2.15. The molecule has 0 atom stereocenters. The van der Waals surface area contributed by atoms with Crippen LogP contribution in [0.4, 0.5) is 0 Å². The molecule has 1 aromatic carbocycles. The van der Waals surface area contributed by atoms with Crippen LogP contribution in [0.25, 0.3) is 10.9 Å². The Labute approximate surface area is 115 Å². The summed E-state index contributed by atoms with van der Waals surface area (Å²) in [5, 5.41) is 4.86. The Morgan fingerprint density at radius 2 is 1.95 bits per heavy atom. The van der Waals surface area contributed by atoms with Crippen LogP contribution in [-0.2, 0) is 13.5 Å². The van der Waals surface area contributed by atoms with Gasteiger partial charge in [-0.15, -0.1) is 0 Å². The van der Waals surface area contributed by atoms with E-state index in [1.165, 1.54) is 60.1 Å². The zero-order chi connectivity index (χ0) is 13.4. The molecule has 2 heterocycles. The van der Waals surface area contributed by atoms with Crippen molar-refractivity contribution in [1.29, 1.82) is 0 Å². The topological polar surface area (TPSA) is 17.0 Å². The van der Waals surface area contributed by atoms with E-state index < -0.39 is 0 Å². The molecule has 1 N–H and O–H groups in total. The highest BCUT2D eigenvalue weighted by Crippen LogP contribution is 2.27. The van der Waals surface area contributed by atoms with Crippen molar-refractivity contribution < 1.29 is 0 Å². The van der Waals surface area contributed by atoms with Crippen LogP contribution < -0.4 is 5.32 Å². The third-order valence-corrected chi connectivity index (χ3v) is 4.86. The zero-order valence-corrected chi connectivity index (χ0v) is 12.3. The van der Waals surface area contributed by atoms with E-state index >= 15 is 0 Å². The fourth-order valence-corrected chi connectivity index (χ4v) is 3.35. The van der Waals surface area contributed by atoms with Crippen LogP contribution in [-0.4, -0.2) is 17.7 Å². The van der Waals surface area contributed by atoms with E-state index in [1.807, 2.05) is 0 Å². The minimum atomic E-state index is 0.862. The normalized spacial score (nSPS) is 17.2. The molecule has 1 saturated heterocycles. The molecule has 1 fully saturated rings. The Morgan fingerprint density at radius 1 is 1.21 bits per heavy atom. The van der Waals surface area contributed by atoms with Crippen LogP contribution in [0.15, 0.2) is 18.2 Å². The summed E-state index contributed by atoms with van der Waals surface area (Å²) >= 11 is 0. The van der Waals surface area contributed by atoms with Gasteiger partial charge >= 0.3 is 0 Å². The van der Waals surface area contributed by atoms with Gasteiger partial charge in [-0.3, -0.25) is 0 Å². The van der Waals surface area contributed by atoms with Crippen molar-refractivity contribution in [3.05, 3.63) is 35.0 Å². The maximum Gasteiger partial charge on any atom is 0.0485 e. The van der Waals surface area contributed by atoms with Crippen LogP contribution >= 0.6 is 0 Å². The van der Waals surface area contributed by atoms with E-state index in [0.29, 0.717) is 0 Å². The minimum absolute atomic E-state index is 0.862. The Kier molecular flexibility index (Phi) is 3.36. The first-order chi connectivity index (χ1) is 9.16. The highest BCUT2D eigenvalue weighted by atomic mass is 14.9. The molecule has 0 spiro atoms. The highest BCUT2D eigenvalue weighted by molar-refractivity contribution is 5.85. The molecule has 1 aromatic heterocycles. The average molecular weight is 256 g/mol. The molecule has 19 heavy (non-hydrogen) atoms. The zero-order valence-electron chi connectivity index (χ0n) is 12.3. The van der Waals surface area contributed by atoms with E-state index in [-0.39, 0.29) is 0 Å². The first kappa shape index (κ1) is 12.7. The molecule has 0 radical (unpaired) electrons. The number of piperidine rings is 1. The van der Waals surface area contributed by atoms with Gasteiger partial charge in [0.1, 0.15) is 0 Å². The molecule has 0 aliphatic carbocycles. The number of nitrogens with zero attached hydrogens (tertiary/aromatic N) is 1. The molecule has 3 rings (SSSR count). The first-order valence-electron chi connectivity index (χ1n) is 7.42. The van der Waals surface area contributed by atoms with Crippen molar-refractivity contribution in [2.24, 2.45) is 13.0 Å². The van der Waals surface area contributed by atoms with Crippen LogP contribution in [0.1, 0.15) is 29.7 Å². The second-order valence-electron chi connectivity index (χ2n) is 6.02. The van der Waals surface area contributed by atoms with Gasteiger partial charge in [-0.1, -0.05) is 12.1 Å². The number of fused-ring (bicyclic) bond motifs is 1. The first-order valence-corrected chi connectivity index (χ1v) is 7.42. The van der Waals surface area contributed by atoms with Gasteiger partial charge in [-0.05, 0) is 69.3 Å². The quantitative estimate of drug-likeness (QED) is 0.872. The molecule has 0 bridgehead atoms. The SMILES string of the molecule is Cc1c(C)n(C)c2cc(CC3CCNCC3)ccc12. The van der Waals surface area contributed by atoms with Crippen molar-refractivity contribution in [2.45, 2.75) is 33.1 Å². The van der Waals surface area contributed by atoms with Crippen molar-refractivity contribution in [3.63, 3.8) is 0 Å². The van der Waals surface area contributed by atoms with E-state index in [2.05, 4.69) is 49.0 Å². The maximum atomic E-state index is 3.45. The lowest BCUT2D eigenvalue weighted by Gasteiger charge is -2.22. The molecule has 0 saturated carbocycles. The third-order valence-electron chi connectivity index (χ3n) is 4.86. The van der Waals surface area contributed by atoms with Crippen LogP contribution in [0.3, 0.4) is 0 Å². The molecule has 2 aromatic rings. The number of hydrogen-bond acceptors (Lipinski definition) is 1. The average Bonchev–Trinajstić information content (AvgIpc) is 2.65. The van der Waals surface area contributed by atoms with Crippen LogP contribution in [0.2, 0.25) is 0 Å². The summed E-state index contributed by atoms with van der Waals surface area (Å²) < 4.78 is 2.33. The summed E-state index contributed by atoms with van der Waals surface area (Å²) in [7, 11) is 2.18. The summed E-state index contributed by atoms with van der Waals surface area (Å²) in [6, 6.07) is 7.04. The number of hydrogen-bond donors (Lipinski definition) is 1. The molecular formula is C17H24N2. The van der Waals surface area contributed by atoms with Gasteiger partial charge in [0.25, 0.3) is 0 Å². The molecule has 1 aliphatic rings. The number of aryl methyl sites for hydroxylation is 2. The predicted molar refractivity (Wildman–Crippen MR) is 81.7 cm³/mol. The second kappa shape index (κ2) is 5.01. The van der Waals surface area contributed by atoms with Gasteiger partial charge in [-0.2, -0.15) is 0 Å². The molecule has 102 valence electrons. The van der Waals surface area contributed by atoms with E-state index in [1.54, 1.807) is 0 Å². The summed E-state index contributed by atoms with van der Waals surface area (Å²) in [5.41, 5.74) is 5.70. The lowest BCUT2D eigenvalue weighted by Crippen LogP contribution is -2.28. The summed E-state index contributed by atoms with van der Waals surface area (Å²) in [4.78, 5) is 0. The maximum absolute atomic E-state index is 3.45. The fourth-order valence-electron chi connectivity index (χ4n) is 3.35. The van der Waals surface area contributed by atoms with Gasteiger partial charge < -0.3 is 9.88 Å². The van der Waals surface area contributed by atoms with Gasteiger partial charge in [0.2, 0.25) is 0 Å². The lowest BCUT2D eigenvalue weighted by atomic mass is 9.90. The minimum Gasteiger partial charge on any atom is -0.348 e. The van der Waals surface area contributed by atoms with Crippen molar-refractivity contribution in [1.82, 2.24) is 9.88 Å².